The Bertz CT molecular complexity index is 927. The Morgan fingerprint density at radius 3 is 2.83 bits per heavy atom. The lowest BCUT2D eigenvalue weighted by Gasteiger charge is -2.09. The van der Waals surface area contributed by atoms with Crippen molar-refractivity contribution < 1.29 is 14.3 Å². The van der Waals surface area contributed by atoms with E-state index in [4.69, 9.17) is 21.1 Å². The second-order valence-electron chi connectivity index (χ2n) is 5.03. The first kappa shape index (κ1) is 13.8. The number of halogens is 1. The van der Waals surface area contributed by atoms with Gasteiger partial charge >= 0.3 is 0 Å². The molecule has 1 aliphatic rings. The fraction of sp³-hybridized carbons (Fsp3) is 0.0588. The van der Waals surface area contributed by atoms with Crippen LogP contribution in [0.5, 0.6) is 11.5 Å². The van der Waals surface area contributed by atoms with Gasteiger partial charge in [-0.05, 0) is 24.3 Å². The molecule has 0 saturated carbocycles. The van der Waals surface area contributed by atoms with Gasteiger partial charge in [0.15, 0.2) is 11.5 Å². The van der Waals surface area contributed by atoms with Gasteiger partial charge in [0.05, 0.1) is 11.1 Å². The van der Waals surface area contributed by atoms with Gasteiger partial charge in [-0.25, -0.2) is 4.98 Å². The van der Waals surface area contributed by atoms with Gasteiger partial charge in [0.25, 0.3) is 5.91 Å². The number of para-hydroxylation sites is 1. The lowest BCUT2D eigenvalue weighted by molar-refractivity contribution is 0.102. The standard InChI is InChI=1S/C17H11ClN2O3/c18-16-8-12(11-3-1-2-4-13(11)20-16)17(21)19-10-5-6-14-15(7-10)23-9-22-14/h1-8H,9H2,(H,19,21). The van der Waals surface area contributed by atoms with Crippen LogP contribution >= 0.6 is 11.6 Å². The third kappa shape index (κ3) is 2.55. The van der Waals surface area contributed by atoms with E-state index in [1.54, 1.807) is 24.3 Å². The number of rotatable bonds is 2. The number of nitrogens with one attached hydrogen (secondary N) is 1. The number of amides is 1. The van der Waals surface area contributed by atoms with E-state index in [1.807, 2.05) is 24.3 Å². The number of hydrogen-bond acceptors (Lipinski definition) is 4. The van der Waals surface area contributed by atoms with Crippen LogP contribution in [0.4, 0.5) is 5.69 Å². The topological polar surface area (TPSA) is 60.5 Å². The second kappa shape index (κ2) is 5.44. The summed E-state index contributed by atoms with van der Waals surface area (Å²) in [6, 6.07) is 14.2. The molecular formula is C17H11ClN2O3. The molecule has 3 aromatic rings. The highest BCUT2D eigenvalue weighted by Gasteiger charge is 2.16. The number of pyridine rings is 1. The molecule has 0 aliphatic carbocycles. The van der Waals surface area contributed by atoms with E-state index in [2.05, 4.69) is 10.3 Å². The molecule has 2 heterocycles. The highest BCUT2D eigenvalue weighted by atomic mass is 35.5. The molecule has 6 heteroatoms. The van der Waals surface area contributed by atoms with Crippen LogP contribution in [-0.2, 0) is 0 Å². The maximum absolute atomic E-state index is 12.6. The summed E-state index contributed by atoms with van der Waals surface area (Å²) in [7, 11) is 0. The lowest BCUT2D eigenvalue weighted by atomic mass is 10.1. The molecular weight excluding hydrogens is 316 g/mol. The van der Waals surface area contributed by atoms with Crippen LogP contribution in [-0.4, -0.2) is 17.7 Å². The van der Waals surface area contributed by atoms with Gasteiger partial charge in [-0.1, -0.05) is 29.8 Å². The molecule has 0 radical (unpaired) electrons. The molecule has 0 saturated heterocycles. The summed E-state index contributed by atoms with van der Waals surface area (Å²) in [4.78, 5) is 16.8. The quantitative estimate of drug-likeness (QED) is 0.726. The first-order valence-electron chi connectivity index (χ1n) is 6.97. The van der Waals surface area contributed by atoms with E-state index in [-0.39, 0.29) is 17.9 Å². The van der Waals surface area contributed by atoms with Crippen molar-refractivity contribution in [1.82, 2.24) is 4.98 Å². The molecule has 23 heavy (non-hydrogen) atoms. The summed E-state index contributed by atoms with van der Waals surface area (Å²) in [5.41, 5.74) is 1.77. The molecule has 1 amide bonds. The van der Waals surface area contributed by atoms with E-state index in [0.717, 1.165) is 5.39 Å². The van der Waals surface area contributed by atoms with Crippen LogP contribution in [0.1, 0.15) is 10.4 Å². The molecule has 1 aromatic heterocycles. The lowest BCUT2D eigenvalue weighted by Crippen LogP contribution is -2.12. The highest BCUT2D eigenvalue weighted by Crippen LogP contribution is 2.34. The van der Waals surface area contributed by atoms with E-state index in [9.17, 15) is 4.79 Å². The number of ether oxygens (including phenoxy) is 2. The van der Waals surface area contributed by atoms with Gasteiger partial charge in [-0.3, -0.25) is 4.79 Å². The molecule has 5 nitrogen and oxygen atoms in total. The van der Waals surface area contributed by atoms with Crippen LogP contribution in [0, 0.1) is 0 Å². The van der Waals surface area contributed by atoms with E-state index in [1.165, 1.54) is 0 Å². The maximum atomic E-state index is 12.6. The summed E-state index contributed by atoms with van der Waals surface area (Å²) in [5, 5.41) is 3.87. The average molecular weight is 327 g/mol. The van der Waals surface area contributed by atoms with Crippen LogP contribution in [0.3, 0.4) is 0 Å². The van der Waals surface area contributed by atoms with Gasteiger partial charge < -0.3 is 14.8 Å². The number of fused-ring (bicyclic) bond motifs is 2. The summed E-state index contributed by atoms with van der Waals surface area (Å²) in [6.07, 6.45) is 0. The number of carbonyl (C=O) groups is 1. The third-order valence-electron chi connectivity index (χ3n) is 3.56. The molecule has 0 fully saturated rings. The first-order chi connectivity index (χ1) is 11.2. The molecule has 1 N–H and O–H groups in total. The van der Waals surface area contributed by atoms with Crippen LogP contribution in [0.2, 0.25) is 5.15 Å². The monoisotopic (exact) mass is 326 g/mol. The maximum Gasteiger partial charge on any atom is 0.256 e. The van der Waals surface area contributed by atoms with Crippen LogP contribution in [0.15, 0.2) is 48.5 Å². The number of aromatic nitrogens is 1. The number of nitrogens with zero attached hydrogens (tertiary/aromatic N) is 1. The molecule has 0 unspecified atom stereocenters. The Hall–Kier alpha value is -2.79. The van der Waals surface area contributed by atoms with Gasteiger partial charge in [0.2, 0.25) is 6.79 Å². The van der Waals surface area contributed by atoms with Crippen molar-refractivity contribution in [3.63, 3.8) is 0 Å². The van der Waals surface area contributed by atoms with E-state index < -0.39 is 0 Å². The number of hydrogen-bond donors (Lipinski definition) is 1. The molecule has 4 rings (SSSR count). The van der Waals surface area contributed by atoms with Gasteiger partial charge in [0, 0.05) is 17.1 Å². The Morgan fingerprint density at radius 1 is 1.09 bits per heavy atom. The largest absolute Gasteiger partial charge is 0.454 e. The summed E-state index contributed by atoms with van der Waals surface area (Å²) in [6.45, 7) is 0.192. The Morgan fingerprint density at radius 2 is 1.91 bits per heavy atom. The van der Waals surface area contributed by atoms with Crippen molar-refractivity contribution in [2.45, 2.75) is 0 Å². The minimum absolute atomic E-state index is 0.192. The van der Waals surface area contributed by atoms with E-state index >= 15 is 0 Å². The molecule has 2 aromatic carbocycles. The second-order valence-corrected chi connectivity index (χ2v) is 5.42. The van der Waals surface area contributed by atoms with Crippen molar-refractivity contribution in [2.24, 2.45) is 0 Å². The fourth-order valence-corrected chi connectivity index (χ4v) is 2.70. The zero-order valence-corrected chi connectivity index (χ0v) is 12.6. The predicted molar refractivity (Wildman–Crippen MR) is 87.3 cm³/mol. The molecule has 1 aliphatic heterocycles. The Balaban J connectivity index is 1.70. The summed E-state index contributed by atoms with van der Waals surface area (Å²) >= 11 is 6.02. The van der Waals surface area contributed by atoms with Crippen molar-refractivity contribution in [2.75, 3.05) is 12.1 Å². The molecule has 0 spiro atoms. The predicted octanol–water partition coefficient (Wildman–Crippen LogP) is 3.87. The van der Waals surface area contributed by atoms with Crippen molar-refractivity contribution >= 4 is 34.1 Å². The molecule has 114 valence electrons. The van der Waals surface area contributed by atoms with Crippen molar-refractivity contribution in [3.05, 3.63) is 59.2 Å². The van der Waals surface area contributed by atoms with Gasteiger partial charge in [-0.15, -0.1) is 0 Å². The SMILES string of the molecule is O=C(Nc1ccc2c(c1)OCO2)c1cc(Cl)nc2ccccc12. The minimum atomic E-state index is -0.260. The minimum Gasteiger partial charge on any atom is -0.454 e. The Kier molecular flexibility index (Phi) is 3.28. The van der Waals surface area contributed by atoms with Crippen LogP contribution < -0.4 is 14.8 Å². The summed E-state index contributed by atoms with van der Waals surface area (Å²) in [5.74, 6) is 1.02. The number of benzene rings is 2. The van der Waals surface area contributed by atoms with Gasteiger partial charge in [0.1, 0.15) is 5.15 Å². The number of anilines is 1. The fourth-order valence-electron chi connectivity index (χ4n) is 2.50. The van der Waals surface area contributed by atoms with Gasteiger partial charge in [-0.2, -0.15) is 0 Å². The highest BCUT2D eigenvalue weighted by molar-refractivity contribution is 6.30. The first-order valence-corrected chi connectivity index (χ1v) is 7.35. The van der Waals surface area contributed by atoms with Crippen molar-refractivity contribution in [1.29, 1.82) is 0 Å². The normalized spacial score (nSPS) is 12.4. The molecule has 0 atom stereocenters. The van der Waals surface area contributed by atoms with Crippen molar-refractivity contribution in [3.8, 4) is 11.5 Å². The Labute approximate surface area is 136 Å². The average Bonchev–Trinajstić information content (AvgIpc) is 3.01. The summed E-state index contributed by atoms with van der Waals surface area (Å²) < 4.78 is 10.6. The zero-order chi connectivity index (χ0) is 15.8. The smallest absolute Gasteiger partial charge is 0.256 e. The van der Waals surface area contributed by atoms with E-state index in [0.29, 0.717) is 28.3 Å². The van der Waals surface area contributed by atoms with Crippen LogP contribution in [0.25, 0.3) is 10.9 Å². The number of carbonyl (C=O) groups excluding carboxylic acids is 1. The zero-order valence-electron chi connectivity index (χ0n) is 11.9. The molecule has 0 bridgehead atoms. The third-order valence-corrected chi connectivity index (χ3v) is 3.75.